The van der Waals surface area contributed by atoms with E-state index in [0.717, 1.165) is 0 Å². The Morgan fingerprint density at radius 2 is 1.78 bits per heavy atom. The molecular formula is C10H25NO5Si2. The molecule has 0 aromatic carbocycles. The minimum atomic E-state index is -1.94. The summed E-state index contributed by atoms with van der Waals surface area (Å²) < 4.78 is 21.0. The molecule has 1 amide bonds. The molecule has 8 heteroatoms. The minimum Gasteiger partial charge on any atom is -0.453 e. The number of methoxy groups -OCH3 is 1. The molecule has 0 aliphatic heterocycles. The summed E-state index contributed by atoms with van der Waals surface area (Å²) >= 11 is 0. The summed E-state index contributed by atoms with van der Waals surface area (Å²) in [5.74, 6) is 0. The average molecular weight is 295 g/mol. The summed E-state index contributed by atoms with van der Waals surface area (Å²) in [6.45, 7) is 6.95. The average Bonchev–Trinajstić information content (AvgIpc) is 2.28. The monoisotopic (exact) mass is 295 g/mol. The van der Waals surface area contributed by atoms with Gasteiger partial charge in [0.25, 0.3) is 0 Å². The number of amides is 1. The van der Waals surface area contributed by atoms with E-state index in [-0.39, 0.29) is 5.67 Å². The van der Waals surface area contributed by atoms with E-state index in [4.69, 9.17) is 13.3 Å². The van der Waals surface area contributed by atoms with Crippen LogP contribution in [0, 0.1) is 0 Å². The number of rotatable bonds is 8. The zero-order valence-electron chi connectivity index (χ0n) is 12.1. The molecule has 1 atom stereocenters. The van der Waals surface area contributed by atoms with Crippen molar-refractivity contribution in [2.75, 3.05) is 27.9 Å². The third-order valence-electron chi connectivity index (χ3n) is 2.25. The molecule has 0 saturated carbocycles. The topological polar surface area (TPSA) is 66.0 Å². The van der Waals surface area contributed by atoms with Crippen molar-refractivity contribution in [2.24, 2.45) is 0 Å². The maximum Gasteiger partial charge on any atom is 0.406 e. The predicted molar refractivity (Wildman–Crippen MR) is 74.4 cm³/mol. The van der Waals surface area contributed by atoms with Crippen molar-refractivity contribution < 1.29 is 22.8 Å². The van der Waals surface area contributed by atoms with Crippen LogP contribution in [-0.4, -0.2) is 57.3 Å². The summed E-state index contributed by atoms with van der Waals surface area (Å²) in [4.78, 5) is 11.3. The summed E-state index contributed by atoms with van der Waals surface area (Å²) in [7, 11) is 1.04. The molecule has 0 bridgehead atoms. The van der Waals surface area contributed by atoms with Gasteiger partial charge in [0, 0.05) is 20.8 Å². The van der Waals surface area contributed by atoms with Crippen LogP contribution in [-0.2, 0) is 18.0 Å². The van der Waals surface area contributed by atoms with Gasteiger partial charge >= 0.3 is 15.4 Å². The maximum absolute atomic E-state index is 11.3. The van der Waals surface area contributed by atoms with Crippen LogP contribution in [0.15, 0.2) is 0 Å². The number of carbonyl (C=O) groups excluding carboxylic acids is 1. The van der Waals surface area contributed by atoms with E-state index in [1.807, 2.05) is 0 Å². The van der Waals surface area contributed by atoms with Gasteiger partial charge in [-0.05, 0) is 26.1 Å². The van der Waals surface area contributed by atoms with Crippen molar-refractivity contribution in [3.05, 3.63) is 0 Å². The molecule has 0 saturated heterocycles. The molecule has 1 N–H and O–H groups in total. The van der Waals surface area contributed by atoms with Gasteiger partial charge < -0.3 is 23.3 Å². The van der Waals surface area contributed by atoms with Crippen LogP contribution in [0.5, 0.6) is 0 Å². The van der Waals surface area contributed by atoms with Gasteiger partial charge in [-0.25, -0.2) is 4.79 Å². The van der Waals surface area contributed by atoms with E-state index >= 15 is 0 Å². The van der Waals surface area contributed by atoms with Crippen LogP contribution in [0.2, 0.25) is 19.6 Å². The second-order valence-corrected chi connectivity index (χ2v) is 11.8. The first-order chi connectivity index (χ1) is 8.34. The van der Waals surface area contributed by atoms with Gasteiger partial charge in [0.05, 0.1) is 12.8 Å². The number of ether oxygens (including phenoxy) is 1. The van der Waals surface area contributed by atoms with Crippen molar-refractivity contribution in [1.29, 1.82) is 0 Å². The fourth-order valence-electron chi connectivity index (χ4n) is 1.40. The molecule has 0 aliphatic carbocycles. The fraction of sp³-hybridized carbons (Fsp3) is 0.900. The molecule has 1 unspecified atom stereocenters. The number of carbonyl (C=O) groups is 1. The Kier molecular flexibility index (Phi) is 8.45. The number of nitrogens with one attached hydrogen (secondary N) is 1. The largest absolute Gasteiger partial charge is 0.453 e. The van der Waals surface area contributed by atoms with Crippen molar-refractivity contribution in [3.8, 4) is 0 Å². The molecule has 0 aromatic rings. The molecule has 0 heterocycles. The zero-order valence-corrected chi connectivity index (χ0v) is 14.3. The van der Waals surface area contributed by atoms with Crippen molar-refractivity contribution in [2.45, 2.75) is 31.7 Å². The molecule has 108 valence electrons. The quantitative estimate of drug-likeness (QED) is 0.677. The van der Waals surface area contributed by atoms with Gasteiger partial charge in [-0.2, -0.15) is 0 Å². The van der Waals surface area contributed by atoms with Crippen LogP contribution in [0.25, 0.3) is 0 Å². The van der Waals surface area contributed by atoms with Gasteiger partial charge in [-0.1, -0.05) is 0 Å². The lowest BCUT2D eigenvalue weighted by Gasteiger charge is -2.25. The highest BCUT2D eigenvalue weighted by Gasteiger charge is 2.27. The second-order valence-electron chi connectivity index (χ2n) is 4.83. The van der Waals surface area contributed by atoms with Crippen LogP contribution < -0.4 is 5.32 Å². The van der Waals surface area contributed by atoms with Crippen molar-refractivity contribution in [1.82, 2.24) is 5.32 Å². The number of hydrogen-bond acceptors (Lipinski definition) is 5. The van der Waals surface area contributed by atoms with Gasteiger partial charge in [0.2, 0.25) is 0 Å². The van der Waals surface area contributed by atoms with Gasteiger partial charge in [0.15, 0.2) is 8.32 Å². The number of hydrogen-bond donors (Lipinski definition) is 1. The van der Waals surface area contributed by atoms with E-state index in [0.29, 0.717) is 13.0 Å². The molecule has 0 rings (SSSR count). The predicted octanol–water partition coefficient (Wildman–Crippen LogP) is 1.01. The van der Waals surface area contributed by atoms with Gasteiger partial charge in [-0.3, -0.25) is 0 Å². The highest BCUT2D eigenvalue weighted by molar-refractivity contribution is 6.69. The van der Waals surface area contributed by atoms with Crippen LogP contribution >= 0.6 is 0 Å². The molecule has 0 aliphatic rings. The number of alkyl carbamates (subject to hydrolysis) is 1. The van der Waals surface area contributed by atoms with E-state index in [1.165, 1.54) is 7.11 Å². The molecule has 0 spiro atoms. The Morgan fingerprint density at radius 3 is 2.17 bits per heavy atom. The summed E-state index contributed by atoms with van der Waals surface area (Å²) in [6, 6.07) is 0. The second kappa shape index (κ2) is 8.65. The first kappa shape index (κ1) is 17.6. The Morgan fingerprint density at radius 1 is 1.22 bits per heavy atom. The van der Waals surface area contributed by atoms with Crippen LogP contribution in [0.1, 0.15) is 6.42 Å². The third kappa shape index (κ3) is 7.82. The summed E-state index contributed by atoms with van der Waals surface area (Å²) in [6.07, 6.45) is 0.192. The summed E-state index contributed by atoms with van der Waals surface area (Å²) in [5.41, 5.74) is -0.163. The summed E-state index contributed by atoms with van der Waals surface area (Å²) in [5, 5.41) is 2.74. The third-order valence-corrected chi connectivity index (χ3v) is 5.40. The molecule has 18 heavy (non-hydrogen) atoms. The van der Waals surface area contributed by atoms with Gasteiger partial charge in [0.1, 0.15) is 0 Å². The first-order valence-corrected chi connectivity index (χ1v) is 10.9. The smallest absolute Gasteiger partial charge is 0.406 e. The zero-order chi connectivity index (χ0) is 14.2. The molecule has 0 aromatic heterocycles. The molecular weight excluding hydrogens is 270 g/mol. The van der Waals surface area contributed by atoms with Gasteiger partial charge in [-0.15, -0.1) is 0 Å². The van der Waals surface area contributed by atoms with E-state index < -0.39 is 23.7 Å². The molecule has 0 fully saturated rings. The molecule has 0 radical (unpaired) electrons. The van der Waals surface area contributed by atoms with Crippen molar-refractivity contribution >= 4 is 23.7 Å². The fourth-order valence-corrected chi connectivity index (χ4v) is 3.66. The Labute approximate surface area is 112 Å². The normalized spacial score (nSPS) is 13.5. The SMILES string of the molecule is COC(=O)NC(CCO[Si](C)(C)C)[SiH](OC)OC. The highest BCUT2D eigenvalue weighted by Crippen LogP contribution is 2.07. The van der Waals surface area contributed by atoms with E-state index in [9.17, 15) is 4.79 Å². The Balaban J connectivity index is 4.33. The van der Waals surface area contributed by atoms with Crippen molar-refractivity contribution in [3.63, 3.8) is 0 Å². The minimum absolute atomic E-state index is 0.163. The lowest BCUT2D eigenvalue weighted by molar-refractivity contribution is 0.163. The maximum atomic E-state index is 11.3. The Hall–Kier alpha value is -0.416. The standard InChI is InChI=1S/C10H25NO5Si2/c1-13-10(12)11-9(17(14-2)15-3)7-8-16-18(4,5)6/h9,17H,7-8H2,1-6H3,(H,11,12). The lowest BCUT2D eigenvalue weighted by Crippen LogP contribution is -2.49. The van der Waals surface area contributed by atoms with E-state index in [2.05, 4.69) is 29.7 Å². The Bertz CT molecular complexity index is 243. The highest BCUT2D eigenvalue weighted by atomic mass is 28.4. The van der Waals surface area contributed by atoms with Crippen LogP contribution in [0.4, 0.5) is 4.79 Å². The van der Waals surface area contributed by atoms with E-state index in [1.54, 1.807) is 14.2 Å². The molecule has 6 nitrogen and oxygen atoms in total. The van der Waals surface area contributed by atoms with Crippen LogP contribution in [0.3, 0.4) is 0 Å². The lowest BCUT2D eigenvalue weighted by atomic mass is 10.4. The first-order valence-electron chi connectivity index (χ1n) is 5.88.